The van der Waals surface area contributed by atoms with Crippen LogP contribution in [0.1, 0.15) is 37.6 Å². The van der Waals surface area contributed by atoms with Crippen LogP contribution in [-0.4, -0.2) is 36.5 Å². The topological polar surface area (TPSA) is 30.9 Å². The van der Waals surface area contributed by atoms with E-state index in [-0.39, 0.29) is 10.8 Å². The number of piperidine rings is 2. The van der Waals surface area contributed by atoms with Crippen molar-refractivity contribution in [2.75, 3.05) is 26.2 Å². The van der Waals surface area contributed by atoms with E-state index in [2.05, 4.69) is 79.2 Å². The summed E-state index contributed by atoms with van der Waals surface area (Å²) in [5, 5.41) is 1.38. The number of Topliss-reactive ketones (excluding diaryl/α,β-unsaturated/α-hetero) is 1. The highest BCUT2D eigenvalue weighted by molar-refractivity contribution is 5.92. The molecule has 4 bridgehead atoms. The van der Waals surface area contributed by atoms with E-state index in [0.29, 0.717) is 11.9 Å². The lowest BCUT2D eigenvalue weighted by atomic mass is 9.60. The van der Waals surface area contributed by atoms with Crippen molar-refractivity contribution >= 4 is 16.7 Å². The SMILES string of the molecule is CCC12C[NH+]3CC(C)(C[NH+](C1)C3c1cn(Cc3ccccc3)c3ccccc13)C2=O. The Morgan fingerprint density at radius 1 is 0.967 bits per heavy atom. The summed E-state index contributed by atoms with van der Waals surface area (Å²) in [4.78, 5) is 16.5. The fourth-order valence-corrected chi connectivity index (χ4v) is 7.05. The summed E-state index contributed by atoms with van der Waals surface area (Å²) in [7, 11) is 0. The molecule has 0 radical (unpaired) electrons. The predicted molar refractivity (Wildman–Crippen MR) is 117 cm³/mol. The zero-order valence-corrected chi connectivity index (χ0v) is 17.9. The Kier molecular flexibility index (Phi) is 3.84. The van der Waals surface area contributed by atoms with E-state index in [1.165, 1.54) is 22.0 Å². The van der Waals surface area contributed by atoms with Gasteiger partial charge in [0, 0.05) is 23.6 Å². The lowest BCUT2D eigenvalue weighted by Gasteiger charge is -2.59. The summed E-state index contributed by atoms with van der Waals surface area (Å²) in [6, 6.07) is 19.6. The van der Waals surface area contributed by atoms with Gasteiger partial charge in [-0.15, -0.1) is 0 Å². The molecule has 1 aromatic heterocycles. The Bertz CT molecular complexity index is 1120. The van der Waals surface area contributed by atoms with Gasteiger partial charge in [-0.2, -0.15) is 0 Å². The Labute approximate surface area is 178 Å². The van der Waals surface area contributed by atoms with E-state index in [4.69, 9.17) is 0 Å². The molecule has 5 heterocycles. The number of aromatic nitrogens is 1. The first-order chi connectivity index (χ1) is 14.5. The summed E-state index contributed by atoms with van der Waals surface area (Å²) in [6.45, 7) is 9.32. The van der Waals surface area contributed by atoms with Crippen molar-refractivity contribution < 1.29 is 14.6 Å². The summed E-state index contributed by atoms with van der Waals surface area (Å²) < 4.78 is 2.43. The van der Waals surface area contributed by atoms with Crippen molar-refractivity contribution in [2.24, 2.45) is 10.8 Å². The molecule has 3 aromatic rings. The summed E-state index contributed by atoms with van der Waals surface area (Å²) in [5.74, 6) is 0.551. The zero-order valence-electron chi connectivity index (χ0n) is 17.9. The lowest BCUT2D eigenvalue weighted by Crippen LogP contribution is -3.41. The number of ketones is 1. The van der Waals surface area contributed by atoms with Crippen molar-refractivity contribution in [3.63, 3.8) is 0 Å². The third-order valence-corrected chi connectivity index (χ3v) is 8.21. The lowest BCUT2D eigenvalue weighted by molar-refractivity contribution is -1.18. The molecule has 154 valence electrons. The first kappa shape index (κ1) is 18.3. The number of hydrogen-bond acceptors (Lipinski definition) is 1. The highest BCUT2D eigenvalue weighted by atomic mass is 16.1. The van der Waals surface area contributed by atoms with Crippen molar-refractivity contribution in [3.05, 3.63) is 71.9 Å². The van der Waals surface area contributed by atoms with Crippen LogP contribution in [0.5, 0.6) is 0 Å². The van der Waals surface area contributed by atoms with E-state index in [9.17, 15) is 4.79 Å². The second-order valence-corrected chi connectivity index (χ2v) is 10.2. The Hall–Kier alpha value is -2.43. The molecule has 2 atom stereocenters. The van der Waals surface area contributed by atoms with Crippen molar-refractivity contribution in [1.82, 2.24) is 4.57 Å². The largest absolute Gasteiger partial charge is 0.342 e. The second kappa shape index (κ2) is 6.29. The molecule has 4 nitrogen and oxygen atoms in total. The quantitative estimate of drug-likeness (QED) is 0.682. The van der Waals surface area contributed by atoms with Gasteiger partial charge in [-0.05, 0) is 25.0 Å². The molecule has 0 spiro atoms. The maximum Gasteiger partial charge on any atom is 0.242 e. The third-order valence-electron chi connectivity index (χ3n) is 8.21. The average molecular weight is 402 g/mol. The fourth-order valence-electron chi connectivity index (χ4n) is 7.05. The van der Waals surface area contributed by atoms with Crippen LogP contribution >= 0.6 is 0 Å². The number of quaternary nitrogens is 2. The van der Waals surface area contributed by atoms with E-state index in [0.717, 1.165) is 39.1 Å². The van der Waals surface area contributed by atoms with Gasteiger partial charge in [0.05, 0.1) is 5.56 Å². The number of carbonyl (C=O) groups is 1. The van der Waals surface area contributed by atoms with Crippen LogP contribution in [0.4, 0.5) is 0 Å². The Morgan fingerprint density at radius 2 is 1.63 bits per heavy atom. The molecular weight excluding hydrogens is 370 g/mol. The molecule has 0 saturated carbocycles. The number of fused-ring (bicyclic) bond motifs is 1. The monoisotopic (exact) mass is 401 g/mol. The van der Waals surface area contributed by atoms with Crippen LogP contribution in [0, 0.1) is 10.8 Å². The first-order valence-electron chi connectivity index (χ1n) is 11.4. The molecule has 2 N–H and O–H groups in total. The number of nitrogens with zero attached hydrogens (tertiary/aromatic N) is 1. The maximum absolute atomic E-state index is 13.3. The highest BCUT2D eigenvalue weighted by Crippen LogP contribution is 2.39. The molecule has 4 saturated heterocycles. The van der Waals surface area contributed by atoms with Gasteiger partial charge in [-0.3, -0.25) is 14.6 Å². The molecular formula is C26H31N3O+2. The van der Waals surface area contributed by atoms with E-state index >= 15 is 0 Å². The van der Waals surface area contributed by atoms with Crippen LogP contribution in [0.3, 0.4) is 0 Å². The summed E-state index contributed by atoms with van der Waals surface area (Å²) in [5.41, 5.74) is 3.87. The molecule has 7 rings (SSSR count). The predicted octanol–water partition coefficient (Wildman–Crippen LogP) is 1.47. The van der Waals surface area contributed by atoms with Gasteiger partial charge in [0.1, 0.15) is 37.0 Å². The maximum atomic E-state index is 13.3. The molecule has 4 heteroatoms. The van der Waals surface area contributed by atoms with E-state index < -0.39 is 0 Å². The fraction of sp³-hybridized carbons (Fsp3) is 0.423. The molecule has 30 heavy (non-hydrogen) atoms. The van der Waals surface area contributed by atoms with Crippen LogP contribution < -0.4 is 9.80 Å². The third kappa shape index (κ3) is 2.44. The normalized spacial score (nSPS) is 34.7. The van der Waals surface area contributed by atoms with Gasteiger partial charge in [-0.1, -0.05) is 55.5 Å². The Morgan fingerprint density at radius 3 is 2.33 bits per heavy atom. The molecule has 2 unspecified atom stereocenters. The van der Waals surface area contributed by atoms with Crippen molar-refractivity contribution in [1.29, 1.82) is 0 Å². The standard InChI is InChI=1S/C26H29N3O/c1-3-26-17-28-15-25(2,24(26)30)16-29(18-26)23(28)21-14-27(13-19-9-5-4-6-10-19)22-12-8-7-11-20(21)22/h4-12,14,23H,3,13,15-18H2,1-2H3/p+2. The smallest absolute Gasteiger partial charge is 0.242 e. The average Bonchev–Trinajstić information content (AvgIpc) is 3.10. The minimum Gasteiger partial charge on any atom is -0.342 e. The number of benzene rings is 2. The highest BCUT2D eigenvalue weighted by Gasteiger charge is 2.69. The number of para-hydroxylation sites is 1. The minimum atomic E-state index is -0.143. The summed E-state index contributed by atoms with van der Waals surface area (Å²) in [6.07, 6.45) is 3.83. The van der Waals surface area contributed by atoms with Crippen LogP contribution in [-0.2, 0) is 11.3 Å². The van der Waals surface area contributed by atoms with E-state index in [1.54, 1.807) is 9.80 Å². The number of carbonyl (C=O) groups excluding carboxylic acids is 1. The van der Waals surface area contributed by atoms with Crippen LogP contribution in [0.15, 0.2) is 60.8 Å². The van der Waals surface area contributed by atoms with Crippen molar-refractivity contribution in [2.45, 2.75) is 33.0 Å². The molecule has 4 fully saturated rings. The second-order valence-electron chi connectivity index (χ2n) is 10.2. The molecule has 0 aliphatic carbocycles. The van der Waals surface area contributed by atoms with Crippen LogP contribution in [0.25, 0.3) is 10.9 Å². The minimum absolute atomic E-state index is 0.102. The molecule has 0 amide bonds. The van der Waals surface area contributed by atoms with Gasteiger partial charge in [0.15, 0.2) is 5.78 Å². The van der Waals surface area contributed by atoms with Gasteiger partial charge in [-0.25, -0.2) is 0 Å². The number of hydrogen-bond donors (Lipinski definition) is 2. The first-order valence-corrected chi connectivity index (χ1v) is 11.4. The molecule has 4 aliphatic heterocycles. The summed E-state index contributed by atoms with van der Waals surface area (Å²) >= 11 is 0. The molecule has 4 aliphatic rings. The van der Waals surface area contributed by atoms with Gasteiger partial charge in [0.25, 0.3) is 0 Å². The zero-order chi connectivity index (χ0) is 20.5. The molecule has 2 aromatic carbocycles. The van der Waals surface area contributed by atoms with Gasteiger partial charge in [0.2, 0.25) is 6.17 Å². The Balaban J connectivity index is 1.44. The number of rotatable bonds is 4. The van der Waals surface area contributed by atoms with Gasteiger partial charge >= 0.3 is 0 Å². The van der Waals surface area contributed by atoms with Gasteiger partial charge < -0.3 is 4.57 Å². The van der Waals surface area contributed by atoms with Crippen molar-refractivity contribution in [3.8, 4) is 0 Å². The van der Waals surface area contributed by atoms with E-state index in [1.807, 2.05) is 0 Å². The van der Waals surface area contributed by atoms with Crippen LogP contribution in [0.2, 0.25) is 0 Å². The number of nitrogens with one attached hydrogen (secondary N) is 2.